The number of rotatable bonds is 4. The summed E-state index contributed by atoms with van der Waals surface area (Å²) in [5, 5.41) is 5.57. The smallest absolute Gasteiger partial charge is 0.225 e. The van der Waals surface area contributed by atoms with Crippen LogP contribution in [0.3, 0.4) is 0 Å². The summed E-state index contributed by atoms with van der Waals surface area (Å²) in [6.45, 7) is 7.43. The summed E-state index contributed by atoms with van der Waals surface area (Å²) in [7, 11) is 1.54. The number of nitrogens with one attached hydrogen (secondary N) is 2. The first-order valence-electron chi connectivity index (χ1n) is 6.47. The molecule has 0 heterocycles. The number of benzene rings is 1. The molecule has 0 spiro atoms. The third-order valence-corrected chi connectivity index (χ3v) is 2.71. The van der Waals surface area contributed by atoms with Gasteiger partial charge in [0, 0.05) is 18.9 Å². The van der Waals surface area contributed by atoms with Crippen molar-refractivity contribution in [2.24, 2.45) is 5.41 Å². The normalized spacial score (nSPS) is 10.8. The van der Waals surface area contributed by atoms with Crippen LogP contribution in [0.25, 0.3) is 0 Å². The highest BCUT2D eigenvalue weighted by Gasteiger charge is 2.20. The number of amides is 2. The minimum atomic E-state index is -0.424. The van der Waals surface area contributed by atoms with Crippen molar-refractivity contribution in [2.75, 3.05) is 12.4 Å². The number of anilines is 1. The van der Waals surface area contributed by atoms with Crippen LogP contribution in [0.5, 0.6) is 5.75 Å². The van der Waals surface area contributed by atoms with Crippen LogP contribution in [0, 0.1) is 5.41 Å². The van der Waals surface area contributed by atoms with Gasteiger partial charge >= 0.3 is 0 Å². The minimum Gasteiger partial charge on any atom is -0.495 e. The van der Waals surface area contributed by atoms with E-state index in [2.05, 4.69) is 10.6 Å². The first-order chi connectivity index (χ1) is 9.24. The van der Waals surface area contributed by atoms with Gasteiger partial charge in [-0.25, -0.2) is 0 Å². The van der Waals surface area contributed by atoms with Crippen molar-refractivity contribution < 1.29 is 14.3 Å². The molecule has 0 saturated heterocycles. The zero-order chi connectivity index (χ0) is 15.3. The van der Waals surface area contributed by atoms with Crippen molar-refractivity contribution in [2.45, 2.75) is 34.2 Å². The molecule has 0 fully saturated rings. The van der Waals surface area contributed by atoms with Crippen molar-refractivity contribution in [3.05, 3.63) is 23.8 Å². The molecule has 20 heavy (non-hydrogen) atoms. The van der Waals surface area contributed by atoms with E-state index in [1.54, 1.807) is 19.2 Å². The molecule has 1 rings (SSSR count). The zero-order valence-corrected chi connectivity index (χ0v) is 12.7. The number of carbonyl (C=O) groups is 2. The Hall–Kier alpha value is -2.04. The average molecular weight is 278 g/mol. The molecule has 2 N–H and O–H groups in total. The van der Waals surface area contributed by atoms with Gasteiger partial charge in [0.25, 0.3) is 0 Å². The molecule has 0 bridgehead atoms. The Bertz CT molecular complexity index is 504. The Morgan fingerprint density at radius 2 is 1.90 bits per heavy atom. The second kappa shape index (κ2) is 6.41. The monoisotopic (exact) mass is 278 g/mol. The third kappa shape index (κ3) is 4.57. The highest BCUT2D eigenvalue weighted by molar-refractivity contribution is 5.90. The summed E-state index contributed by atoms with van der Waals surface area (Å²) in [6.07, 6.45) is 0. The fraction of sp³-hybridized carbons (Fsp3) is 0.467. The van der Waals surface area contributed by atoms with Gasteiger partial charge in [0.15, 0.2) is 0 Å². The predicted octanol–water partition coefficient (Wildman–Crippen LogP) is 2.32. The molecule has 0 radical (unpaired) electrons. The van der Waals surface area contributed by atoms with Gasteiger partial charge in [-0.05, 0) is 17.7 Å². The van der Waals surface area contributed by atoms with E-state index in [1.165, 1.54) is 6.92 Å². The van der Waals surface area contributed by atoms with Crippen molar-refractivity contribution in [1.82, 2.24) is 5.32 Å². The molecule has 0 unspecified atom stereocenters. The number of ether oxygens (including phenoxy) is 1. The first kappa shape index (κ1) is 16.0. The highest BCUT2D eigenvalue weighted by atomic mass is 16.5. The van der Waals surface area contributed by atoms with E-state index in [1.807, 2.05) is 26.8 Å². The number of carbonyl (C=O) groups excluding carboxylic acids is 2. The molecular weight excluding hydrogens is 256 g/mol. The van der Waals surface area contributed by atoms with Gasteiger partial charge in [-0.2, -0.15) is 0 Å². The van der Waals surface area contributed by atoms with Crippen LogP contribution in [-0.2, 0) is 16.1 Å². The van der Waals surface area contributed by atoms with E-state index in [0.717, 1.165) is 5.56 Å². The van der Waals surface area contributed by atoms with Crippen LogP contribution in [0.15, 0.2) is 18.2 Å². The second-order valence-corrected chi connectivity index (χ2v) is 5.65. The van der Waals surface area contributed by atoms with Crippen LogP contribution in [0.4, 0.5) is 5.69 Å². The molecular formula is C15H22N2O3. The summed E-state index contributed by atoms with van der Waals surface area (Å²) in [4.78, 5) is 23.0. The fourth-order valence-electron chi connectivity index (χ4n) is 1.60. The molecule has 5 heteroatoms. The predicted molar refractivity (Wildman–Crippen MR) is 78.6 cm³/mol. The lowest BCUT2D eigenvalue weighted by atomic mass is 9.95. The molecule has 0 aliphatic carbocycles. The second-order valence-electron chi connectivity index (χ2n) is 5.65. The minimum absolute atomic E-state index is 0.0191. The molecule has 1 aromatic rings. The lowest BCUT2D eigenvalue weighted by molar-refractivity contribution is -0.128. The summed E-state index contributed by atoms with van der Waals surface area (Å²) in [5.41, 5.74) is 1.07. The van der Waals surface area contributed by atoms with Crippen molar-refractivity contribution in [3.8, 4) is 5.75 Å². The van der Waals surface area contributed by atoms with E-state index in [-0.39, 0.29) is 11.8 Å². The lowest BCUT2D eigenvalue weighted by Crippen LogP contribution is -2.34. The van der Waals surface area contributed by atoms with Gasteiger partial charge in [-0.1, -0.05) is 26.8 Å². The maximum Gasteiger partial charge on any atom is 0.225 e. The van der Waals surface area contributed by atoms with Crippen LogP contribution in [0.2, 0.25) is 0 Å². The Balaban J connectivity index is 2.82. The van der Waals surface area contributed by atoms with Gasteiger partial charge in [0.05, 0.1) is 12.8 Å². The molecule has 2 amide bonds. The first-order valence-corrected chi connectivity index (χ1v) is 6.47. The highest BCUT2D eigenvalue weighted by Crippen LogP contribution is 2.25. The van der Waals surface area contributed by atoms with Gasteiger partial charge in [-0.3, -0.25) is 9.59 Å². The van der Waals surface area contributed by atoms with Crippen molar-refractivity contribution in [1.29, 1.82) is 0 Å². The lowest BCUT2D eigenvalue weighted by Gasteiger charge is -2.18. The fourth-order valence-corrected chi connectivity index (χ4v) is 1.60. The quantitative estimate of drug-likeness (QED) is 0.888. The van der Waals surface area contributed by atoms with Crippen molar-refractivity contribution in [3.63, 3.8) is 0 Å². The van der Waals surface area contributed by atoms with Gasteiger partial charge in [0.2, 0.25) is 11.8 Å². The van der Waals surface area contributed by atoms with Crippen LogP contribution >= 0.6 is 0 Å². The number of hydrogen-bond acceptors (Lipinski definition) is 3. The number of methoxy groups -OCH3 is 1. The van der Waals surface area contributed by atoms with Crippen LogP contribution in [-0.4, -0.2) is 18.9 Å². The Morgan fingerprint density at radius 1 is 1.25 bits per heavy atom. The van der Waals surface area contributed by atoms with E-state index in [4.69, 9.17) is 4.74 Å². The summed E-state index contributed by atoms with van der Waals surface area (Å²) in [5.74, 6) is 0.402. The molecule has 0 aromatic heterocycles. The Kier molecular flexibility index (Phi) is 5.13. The summed E-state index contributed by atoms with van der Waals surface area (Å²) in [6, 6.07) is 5.42. The Labute approximate surface area is 119 Å². The van der Waals surface area contributed by atoms with Crippen LogP contribution < -0.4 is 15.4 Å². The van der Waals surface area contributed by atoms with Gasteiger partial charge < -0.3 is 15.4 Å². The van der Waals surface area contributed by atoms with E-state index in [9.17, 15) is 9.59 Å². The van der Waals surface area contributed by atoms with Gasteiger partial charge in [0.1, 0.15) is 5.75 Å². The topological polar surface area (TPSA) is 67.4 Å². The van der Waals surface area contributed by atoms with E-state index in [0.29, 0.717) is 18.0 Å². The van der Waals surface area contributed by atoms with Gasteiger partial charge in [-0.15, -0.1) is 0 Å². The van der Waals surface area contributed by atoms with Crippen LogP contribution in [0.1, 0.15) is 33.3 Å². The third-order valence-electron chi connectivity index (χ3n) is 2.71. The maximum absolute atomic E-state index is 11.8. The molecule has 0 aliphatic rings. The summed E-state index contributed by atoms with van der Waals surface area (Å²) >= 11 is 0. The van der Waals surface area contributed by atoms with E-state index < -0.39 is 5.41 Å². The largest absolute Gasteiger partial charge is 0.495 e. The summed E-state index contributed by atoms with van der Waals surface area (Å²) < 4.78 is 5.18. The number of hydrogen-bond donors (Lipinski definition) is 2. The molecule has 5 nitrogen and oxygen atoms in total. The molecule has 1 aromatic carbocycles. The SMILES string of the molecule is COc1ccc(CNC(=O)C(C)(C)C)cc1NC(C)=O. The van der Waals surface area contributed by atoms with E-state index >= 15 is 0 Å². The Morgan fingerprint density at radius 3 is 2.40 bits per heavy atom. The molecule has 0 saturated carbocycles. The molecule has 0 atom stereocenters. The molecule has 0 aliphatic heterocycles. The van der Waals surface area contributed by atoms with Crippen molar-refractivity contribution >= 4 is 17.5 Å². The molecule has 110 valence electrons. The average Bonchev–Trinajstić information content (AvgIpc) is 2.34. The standard InChI is InChI=1S/C15H22N2O3/c1-10(18)17-12-8-11(6-7-13(12)20-5)9-16-14(19)15(2,3)4/h6-8H,9H2,1-5H3,(H,16,19)(H,17,18). The maximum atomic E-state index is 11.8. The zero-order valence-electron chi connectivity index (χ0n) is 12.7.